The highest BCUT2D eigenvalue weighted by Gasteiger charge is 2.11. The molecule has 0 radical (unpaired) electrons. The van der Waals surface area contributed by atoms with Gasteiger partial charge in [0.15, 0.2) is 0 Å². The van der Waals surface area contributed by atoms with E-state index in [0.29, 0.717) is 0 Å². The third-order valence-corrected chi connectivity index (χ3v) is 3.35. The van der Waals surface area contributed by atoms with Crippen molar-refractivity contribution in [2.45, 2.75) is 32.2 Å². The minimum atomic E-state index is -0.0146. The van der Waals surface area contributed by atoms with E-state index in [-0.39, 0.29) is 6.04 Å². The maximum absolute atomic E-state index is 6.39. The molecule has 2 aromatic rings. The van der Waals surface area contributed by atoms with Gasteiger partial charge in [0.2, 0.25) is 0 Å². The molecule has 0 aromatic heterocycles. The van der Waals surface area contributed by atoms with Crippen molar-refractivity contribution in [1.29, 1.82) is 0 Å². The fourth-order valence-corrected chi connectivity index (χ4v) is 2.27. The Hall–Kier alpha value is -1.60. The van der Waals surface area contributed by atoms with Gasteiger partial charge >= 0.3 is 0 Å². The van der Waals surface area contributed by atoms with E-state index in [1.165, 1.54) is 29.5 Å². The molecule has 1 heteroatoms. The highest BCUT2D eigenvalue weighted by Crippen LogP contribution is 2.23. The number of unbranched alkanes of at least 4 members (excludes halogenated alkanes) is 1. The normalized spacial score (nSPS) is 12.3. The molecule has 18 heavy (non-hydrogen) atoms. The van der Waals surface area contributed by atoms with Crippen LogP contribution in [0.15, 0.2) is 54.6 Å². The van der Waals surface area contributed by atoms with Crippen LogP contribution in [0.1, 0.15) is 42.5 Å². The first kappa shape index (κ1) is 12.8. The summed E-state index contributed by atoms with van der Waals surface area (Å²) in [6.07, 6.45) is 3.56. The summed E-state index contributed by atoms with van der Waals surface area (Å²) in [6.45, 7) is 2.22. The zero-order valence-corrected chi connectivity index (χ0v) is 11.0. The molecule has 0 aliphatic heterocycles. The monoisotopic (exact) mass is 239 g/mol. The Kier molecular flexibility index (Phi) is 4.54. The highest BCUT2D eigenvalue weighted by atomic mass is 14.6. The van der Waals surface area contributed by atoms with Gasteiger partial charge in [0, 0.05) is 0 Å². The molecule has 2 N–H and O–H groups in total. The van der Waals surface area contributed by atoms with E-state index < -0.39 is 0 Å². The van der Waals surface area contributed by atoms with Crippen molar-refractivity contribution >= 4 is 0 Å². The van der Waals surface area contributed by atoms with Gasteiger partial charge in [-0.05, 0) is 29.5 Å². The van der Waals surface area contributed by atoms with Crippen LogP contribution in [0.3, 0.4) is 0 Å². The molecule has 0 fully saturated rings. The summed E-state index contributed by atoms with van der Waals surface area (Å²) >= 11 is 0. The summed E-state index contributed by atoms with van der Waals surface area (Å²) in [4.78, 5) is 0. The van der Waals surface area contributed by atoms with Crippen molar-refractivity contribution < 1.29 is 0 Å². The SMILES string of the molecule is CCCCc1ccccc1C(N)c1ccccc1. The minimum absolute atomic E-state index is 0.0146. The number of benzene rings is 2. The van der Waals surface area contributed by atoms with Crippen LogP contribution in [0, 0.1) is 0 Å². The Morgan fingerprint density at radius 3 is 2.33 bits per heavy atom. The van der Waals surface area contributed by atoms with Crippen LogP contribution >= 0.6 is 0 Å². The molecule has 2 rings (SSSR count). The van der Waals surface area contributed by atoms with Crippen LogP contribution < -0.4 is 5.73 Å². The molecule has 0 heterocycles. The molecular formula is C17H21N. The molecule has 0 bridgehead atoms. The van der Waals surface area contributed by atoms with Crippen LogP contribution in [0.5, 0.6) is 0 Å². The van der Waals surface area contributed by atoms with Gasteiger partial charge in [-0.3, -0.25) is 0 Å². The maximum atomic E-state index is 6.39. The second-order valence-electron chi connectivity index (χ2n) is 4.69. The summed E-state index contributed by atoms with van der Waals surface area (Å²) in [5, 5.41) is 0. The van der Waals surface area contributed by atoms with Crippen molar-refractivity contribution in [3.05, 3.63) is 71.3 Å². The molecule has 94 valence electrons. The van der Waals surface area contributed by atoms with E-state index in [4.69, 9.17) is 5.73 Å². The summed E-state index contributed by atoms with van der Waals surface area (Å²) in [6, 6.07) is 18.8. The van der Waals surface area contributed by atoms with Gasteiger partial charge in [0.25, 0.3) is 0 Å². The lowest BCUT2D eigenvalue weighted by atomic mass is 9.93. The molecule has 0 spiro atoms. The predicted octanol–water partition coefficient (Wildman–Crippen LogP) is 4.08. The molecule has 0 aliphatic rings. The summed E-state index contributed by atoms with van der Waals surface area (Å²) in [5.74, 6) is 0. The predicted molar refractivity (Wildman–Crippen MR) is 77.5 cm³/mol. The Balaban J connectivity index is 2.27. The first-order valence-corrected chi connectivity index (χ1v) is 6.71. The zero-order chi connectivity index (χ0) is 12.8. The number of aryl methyl sites for hydroxylation is 1. The smallest absolute Gasteiger partial charge is 0.0554 e. The lowest BCUT2D eigenvalue weighted by Gasteiger charge is -2.16. The van der Waals surface area contributed by atoms with Crippen LogP contribution in [0.25, 0.3) is 0 Å². The fraction of sp³-hybridized carbons (Fsp3) is 0.294. The van der Waals surface area contributed by atoms with Crippen LogP contribution in [0.2, 0.25) is 0 Å². The average Bonchev–Trinajstić information content (AvgIpc) is 2.45. The molecule has 0 saturated carbocycles. The lowest BCUT2D eigenvalue weighted by Crippen LogP contribution is -2.14. The van der Waals surface area contributed by atoms with E-state index in [0.717, 1.165) is 6.42 Å². The second-order valence-corrected chi connectivity index (χ2v) is 4.69. The lowest BCUT2D eigenvalue weighted by molar-refractivity contribution is 0.769. The molecule has 2 aromatic carbocycles. The van der Waals surface area contributed by atoms with Crippen LogP contribution in [-0.4, -0.2) is 0 Å². The van der Waals surface area contributed by atoms with Gasteiger partial charge in [0.1, 0.15) is 0 Å². The summed E-state index contributed by atoms with van der Waals surface area (Å²) in [5.41, 5.74) is 10.2. The van der Waals surface area contributed by atoms with Crippen molar-refractivity contribution in [3.63, 3.8) is 0 Å². The van der Waals surface area contributed by atoms with Gasteiger partial charge in [0.05, 0.1) is 6.04 Å². The Morgan fingerprint density at radius 2 is 1.61 bits per heavy atom. The van der Waals surface area contributed by atoms with Crippen molar-refractivity contribution in [2.75, 3.05) is 0 Å². The van der Waals surface area contributed by atoms with E-state index in [1.54, 1.807) is 0 Å². The largest absolute Gasteiger partial charge is 0.320 e. The topological polar surface area (TPSA) is 26.0 Å². The number of rotatable bonds is 5. The number of nitrogens with two attached hydrogens (primary N) is 1. The van der Waals surface area contributed by atoms with Crippen LogP contribution in [0.4, 0.5) is 0 Å². The molecule has 1 nitrogen and oxygen atoms in total. The molecular weight excluding hydrogens is 218 g/mol. The Labute approximate surface area is 110 Å². The van der Waals surface area contributed by atoms with Crippen molar-refractivity contribution in [3.8, 4) is 0 Å². The first-order chi connectivity index (χ1) is 8.83. The van der Waals surface area contributed by atoms with Gasteiger partial charge in [-0.15, -0.1) is 0 Å². The van der Waals surface area contributed by atoms with Crippen molar-refractivity contribution in [1.82, 2.24) is 0 Å². The summed E-state index contributed by atoms with van der Waals surface area (Å²) in [7, 11) is 0. The standard InChI is InChI=1S/C17H21N/c1-2-3-9-14-10-7-8-13-16(14)17(18)15-11-5-4-6-12-15/h4-8,10-13,17H,2-3,9,18H2,1H3. The molecule has 0 amide bonds. The zero-order valence-electron chi connectivity index (χ0n) is 11.0. The van der Waals surface area contributed by atoms with Gasteiger partial charge in [-0.25, -0.2) is 0 Å². The van der Waals surface area contributed by atoms with Gasteiger partial charge < -0.3 is 5.73 Å². The van der Waals surface area contributed by atoms with E-state index in [1.807, 2.05) is 18.2 Å². The third-order valence-electron chi connectivity index (χ3n) is 3.35. The quantitative estimate of drug-likeness (QED) is 0.836. The fourth-order valence-electron chi connectivity index (χ4n) is 2.27. The molecule has 1 atom stereocenters. The van der Waals surface area contributed by atoms with E-state index in [9.17, 15) is 0 Å². The van der Waals surface area contributed by atoms with E-state index in [2.05, 4.69) is 43.3 Å². The third kappa shape index (κ3) is 2.99. The second kappa shape index (κ2) is 6.36. The minimum Gasteiger partial charge on any atom is -0.320 e. The Bertz CT molecular complexity index is 476. The first-order valence-electron chi connectivity index (χ1n) is 6.71. The van der Waals surface area contributed by atoms with Gasteiger partial charge in [-0.1, -0.05) is 67.9 Å². The van der Waals surface area contributed by atoms with Crippen LogP contribution in [-0.2, 0) is 6.42 Å². The van der Waals surface area contributed by atoms with Crippen molar-refractivity contribution in [2.24, 2.45) is 5.73 Å². The Morgan fingerprint density at radius 1 is 0.944 bits per heavy atom. The van der Waals surface area contributed by atoms with E-state index >= 15 is 0 Å². The average molecular weight is 239 g/mol. The molecule has 0 aliphatic carbocycles. The molecule has 0 saturated heterocycles. The summed E-state index contributed by atoms with van der Waals surface area (Å²) < 4.78 is 0. The highest BCUT2D eigenvalue weighted by molar-refractivity contribution is 5.37. The number of hydrogen-bond donors (Lipinski definition) is 1. The molecule has 1 unspecified atom stereocenters. The van der Waals surface area contributed by atoms with Gasteiger partial charge in [-0.2, -0.15) is 0 Å². The number of hydrogen-bond acceptors (Lipinski definition) is 1. The maximum Gasteiger partial charge on any atom is 0.0554 e.